The van der Waals surface area contributed by atoms with Gasteiger partial charge in [-0.2, -0.15) is 0 Å². The summed E-state index contributed by atoms with van der Waals surface area (Å²) in [5, 5.41) is 10.6. The number of rotatable bonds is 4. The molecule has 0 atom stereocenters. The van der Waals surface area contributed by atoms with Gasteiger partial charge in [0.1, 0.15) is 11.3 Å². The Hall–Kier alpha value is -3.61. The molecule has 3 aromatic rings. The van der Waals surface area contributed by atoms with E-state index in [2.05, 4.69) is 9.98 Å². The summed E-state index contributed by atoms with van der Waals surface area (Å²) < 4.78 is 6.22. The van der Waals surface area contributed by atoms with Crippen LogP contribution in [0.3, 0.4) is 0 Å². The highest BCUT2D eigenvalue weighted by Gasteiger charge is 2.17. The molecule has 3 rings (SSSR count). The number of nitrogens with zero attached hydrogens (tertiary/aromatic N) is 2. The summed E-state index contributed by atoms with van der Waals surface area (Å²) in [5.41, 5.74) is 1.25. The zero-order valence-electron chi connectivity index (χ0n) is 15.2. The minimum atomic E-state index is -0.772. The van der Waals surface area contributed by atoms with Crippen LogP contribution in [0, 0.1) is 13.8 Å². The predicted octanol–water partition coefficient (Wildman–Crippen LogP) is 2.61. The van der Waals surface area contributed by atoms with Crippen molar-refractivity contribution in [2.45, 2.75) is 13.8 Å². The molecule has 0 aliphatic rings. The molecule has 138 valence electrons. The van der Waals surface area contributed by atoms with Crippen molar-refractivity contribution in [3.8, 4) is 17.3 Å². The van der Waals surface area contributed by atoms with Gasteiger partial charge in [0, 0.05) is 6.21 Å². The highest BCUT2D eigenvalue weighted by Crippen LogP contribution is 2.26. The molecule has 7 heteroatoms. The van der Waals surface area contributed by atoms with Crippen LogP contribution >= 0.6 is 0 Å². The zero-order valence-corrected chi connectivity index (χ0v) is 15.2. The van der Waals surface area contributed by atoms with Gasteiger partial charge in [-0.25, -0.2) is 9.36 Å². The molecule has 0 spiro atoms. The minimum absolute atomic E-state index is 0.122. The smallest absolute Gasteiger partial charge is 0.335 e. The van der Waals surface area contributed by atoms with Crippen molar-refractivity contribution < 1.29 is 9.84 Å². The lowest BCUT2D eigenvalue weighted by Crippen LogP contribution is -2.31. The Labute approximate surface area is 155 Å². The van der Waals surface area contributed by atoms with Gasteiger partial charge in [-0.1, -0.05) is 30.3 Å². The number of aromatic nitrogens is 2. The van der Waals surface area contributed by atoms with Crippen LogP contribution in [-0.2, 0) is 0 Å². The molecule has 0 amide bonds. The van der Waals surface area contributed by atoms with E-state index in [0.29, 0.717) is 17.1 Å². The van der Waals surface area contributed by atoms with Crippen molar-refractivity contribution >= 4 is 11.9 Å². The third-order valence-electron chi connectivity index (χ3n) is 4.21. The second kappa shape index (κ2) is 7.33. The average molecular weight is 365 g/mol. The van der Waals surface area contributed by atoms with E-state index in [1.54, 1.807) is 24.3 Å². The number of aryl methyl sites for hydroxylation is 2. The van der Waals surface area contributed by atoms with Crippen LogP contribution in [0.1, 0.15) is 16.7 Å². The van der Waals surface area contributed by atoms with Gasteiger partial charge in [0.2, 0.25) is 5.88 Å². The highest BCUT2D eigenvalue weighted by molar-refractivity contribution is 5.85. The first kappa shape index (κ1) is 18.2. The fourth-order valence-electron chi connectivity index (χ4n) is 2.83. The van der Waals surface area contributed by atoms with Crippen LogP contribution in [0.2, 0.25) is 0 Å². The average Bonchev–Trinajstić information content (AvgIpc) is 2.63. The second-order valence-corrected chi connectivity index (χ2v) is 6.00. The molecule has 27 heavy (non-hydrogen) atoms. The van der Waals surface area contributed by atoms with Crippen LogP contribution in [-0.4, -0.2) is 28.0 Å². The number of para-hydroxylation sites is 3. The highest BCUT2D eigenvalue weighted by atomic mass is 16.5. The second-order valence-electron chi connectivity index (χ2n) is 6.00. The van der Waals surface area contributed by atoms with E-state index in [9.17, 15) is 14.7 Å². The lowest BCUT2D eigenvalue weighted by molar-refractivity contribution is 0.401. The summed E-state index contributed by atoms with van der Waals surface area (Å²) in [6.07, 6.45) is 1.26. The number of hydrogen-bond donors (Lipinski definition) is 2. The van der Waals surface area contributed by atoms with Gasteiger partial charge in [0.15, 0.2) is 0 Å². The Balaban J connectivity index is 2.20. The lowest BCUT2D eigenvalue weighted by Gasteiger charge is -2.13. The quantitative estimate of drug-likeness (QED) is 0.695. The van der Waals surface area contributed by atoms with E-state index in [4.69, 9.17) is 4.74 Å². The molecule has 2 aromatic carbocycles. The molecular weight excluding hydrogens is 346 g/mol. The Morgan fingerprint density at radius 3 is 2.41 bits per heavy atom. The van der Waals surface area contributed by atoms with E-state index in [-0.39, 0.29) is 5.56 Å². The molecule has 0 saturated heterocycles. The van der Waals surface area contributed by atoms with Crippen molar-refractivity contribution in [3.05, 3.63) is 80.0 Å². The molecule has 0 aliphatic heterocycles. The number of ether oxygens (including phenoxy) is 1. The van der Waals surface area contributed by atoms with E-state index in [1.165, 1.54) is 13.3 Å². The molecule has 0 fully saturated rings. The Kier molecular flexibility index (Phi) is 4.94. The molecule has 0 unspecified atom stereocenters. The van der Waals surface area contributed by atoms with Crippen LogP contribution in [0.25, 0.3) is 5.69 Å². The molecular formula is C20H19N3O4. The summed E-state index contributed by atoms with van der Waals surface area (Å²) in [7, 11) is 1.45. The number of aromatic amines is 1. The predicted molar refractivity (Wildman–Crippen MR) is 104 cm³/mol. The Bertz CT molecular complexity index is 1120. The summed E-state index contributed by atoms with van der Waals surface area (Å²) in [5.74, 6) is -0.136. The maximum atomic E-state index is 12.3. The molecule has 0 saturated carbocycles. The SMILES string of the molecule is COc1ccccc1-n1c(O)c(C=Nc2c(C)cccc2C)c(=O)[nH]c1=O. The fraction of sp³-hybridized carbons (Fsp3) is 0.150. The van der Waals surface area contributed by atoms with Gasteiger partial charge in [-0.3, -0.25) is 14.8 Å². The third-order valence-corrected chi connectivity index (χ3v) is 4.21. The van der Waals surface area contributed by atoms with Crippen LogP contribution < -0.4 is 16.0 Å². The van der Waals surface area contributed by atoms with Gasteiger partial charge in [0.05, 0.1) is 18.5 Å². The first-order valence-electron chi connectivity index (χ1n) is 8.26. The maximum absolute atomic E-state index is 12.3. The monoisotopic (exact) mass is 365 g/mol. The normalized spacial score (nSPS) is 11.1. The van der Waals surface area contributed by atoms with Gasteiger partial charge in [-0.05, 0) is 37.1 Å². The van der Waals surface area contributed by atoms with Gasteiger partial charge in [0.25, 0.3) is 5.56 Å². The zero-order chi connectivity index (χ0) is 19.6. The first-order chi connectivity index (χ1) is 12.9. The van der Waals surface area contributed by atoms with Crippen molar-refractivity contribution in [1.29, 1.82) is 0 Å². The van der Waals surface area contributed by atoms with Gasteiger partial charge < -0.3 is 9.84 Å². The largest absolute Gasteiger partial charge is 0.495 e. The number of hydrogen-bond acceptors (Lipinski definition) is 5. The summed E-state index contributed by atoms with van der Waals surface area (Å²) >= 11 is 0. The molecule has 2 N–H and O–H groups in total. The van der Waals surface area contributed by atoms with Gasteiger partial charge in [-0.15, -0.1) is 0 Å². The van der Waals surface area contributed by atoms with Crippen LogP contribution in [0.15, 0.2) is 57.0 Å². The molecule has 0 radical (unpaired) electrons. The number of aromatic hydroxyl groups is 1. The summed E-state index contributed by atoms with van der Waals surface area (Å²) in [6.45, 7) is 3.80. The third kappa shape index (κ3) is 3.39. The van der Waals surface area contributed by atoms with Crippen molar-refractivity contribution in [2.24, 2.45) is 4.99 Å². The van der Waals surface area contributed by atoms with Gasteiger partial charge >= 0.3 is 5.69 Å². The number of aliphatic imine (C=N–C) groups is 1. The number of benzene rings is 2. The molecule has 0 aliphatic carbocycles. The molecule has 7 nitrogen and oxygen atoms in total. The van der Waals surface area contributed by atoms with E-state index >= 15 is 0 Å². The van der Waals surface area contributed by atoms with Crippen LogP contribution in [0.5, 0.6) is 11.6 Å². The number of nitrogens with one attached hydrogen (secondary N) is 1. The topological polar surface area (TPSA) is 96.7 Å². The summed E-state index contributed by atoms with van der Waals surface area (Å²) in [4.78, 5) is 31.1. The van der Waals surface area contributed by atoms with Crippen molar-refractivity contribution in [1.82, 2.24) is 9.55 Å². The van der Waals surface area contributed by atoms with E-state index < -0.39 is 17.1 Å². The summed E-state index contributed by atoms with van der Waals surface area (Å²) in [6, 6.07) is 12.4. The molecule has 1 heterocycles. The van der Waals surface area contributed by atoms with Crippen molar-refractivity contribution in [2.75, 3.05) is 7.11 Å². The van der Waals surface area contributed by atoms with Crippen molar-refractivity contribution in [3.63, 3.8) is 0 Å². The van der Waals surface area contributed by atoms with Crippen LogP contribution in [0.4, 0.5) is 5.69 Å². The maximum Gasteiger partial charge on any atom is 0.335 e. The number of H-pyrrole nitrogens is 1. The lowest BCUT2D eigenvalue weighted by atomic mass is 10.1. The minimum Gasteiger partial charge on any atom is -0.495 e. The van der Waals surface area contributed by atoms with E-state index in [0.717, 1.165) is 15.7 Å². The molecule has 0 bridgehead atoms. The fourth-order valence-corrected chi connectivity index (χ4v) is 2.83. The molecule has 1 aromatic heterocycles. The standard InChI is InChI=1S/C20H19N3O4/c1-12-7-6-8-13(2)17(12)21-11-14-18(24)22-20(26)23(19(14)25)15-9-4-5-10-16(15)27-3/h4-11,25H,1-3H3,(H,22,24,26). The number of methoxy groups -OCH3 is 1. The first-order valence-corrected chi connectivity index (χ1v) is 8.26. The van der Waals surface area contributed by atoms with E-state index in [1.807, 2.05) is 32.0 Å². The Morgan fingerprint density at radius 1 is 1.07 bits per heavy atom. The Morgan fingerprint density at radius 2 is 1.74 bits per heavy atom.